The van der Waals surface area contributed by atoms with Gasteiger partial charge in [0.05, 0.1) is 10.0 Å². The van der Waals surface area contributed by atoms with Crippen molar-refractivity contribution in [1.29, 1.82) is 0 Å². The summed E-state index contributed by atoms with van der Waals surface area (Å²) in [5, 5.41) is 1.04. The fraction of sp³-hybridized carbons (Fsp3) is 0.300. The van der Waals surface area contributed by atoms with Gasteiger partial charge in [-0.3, -0.25) is 0 Å². The Hall–Kier alpha value is -0.930. The monoisotopic (exact) mass is 244 g/mol. The molecule has 1 heterocycles. The zero-order valence-corrected chi connectivity index (χ0v) is 9.48. The summed E-state index contributed by atoms with van der Waals surface area (Å²) in [4.78, 5) is 12.6. The topological polar surface area (TPSA) is 46.3 Å². The molecule has 15 heavy (non-hydrogen) atoms. The molecule has 5 heteroatoms. The van der Waals surface area contributed by atoms with Crippen molar-refractivity contribution in [2.24, 2.45) is 5.73 Å². The SMILES string of the molecule is NC(=O)N1CCc2ccc(Cl)c(Cl)c2C1. The molecule has 2 rings (SSSR count). The molecule has 0 atom stereocenters. The highest BCUT2D eigenvalue weighted by atomic mass is 35.5. The summed E-state index contributed by atoms with van der Waals surface area (Å²) in [7, 11) is 0. The number of hydrogen-bond acceptors (Lipinski definition) is 1. The van der Waals surface area contributed by atoms with Crippen molar-refractivity contribution in [2.45, 2.75) is 13.0 Å². The summed E-state index contributed by atoms with van der Waals surface area (Å²) in [5.74, 6) is 0. The van der Waals surface area contributed by atoms with Crippen molar-refractivity contribution in [3.05, 3.63) is 33.3 Å². The maximum absolute atomic E-state index is 11.0. The van der Waals surface area contributed by atoms with Crippen molar-refractivity contribution < 1.29 is 4.79 Å². The average Bonchev–Trinajstić information content (AvgIpc) is 2.23. The van der Waals surface area contributed by atoms with Crippen LogP contribution in [0.4, 0.5) is 4.79 Å². The fourth-order valence-electron chi connectivity index (χ4n) is 1.75. The highest BCUT2D eigenvalue weighted by molar-refractivity contribution is 6.42. The number of hydrogen-bond donors (Lipinski definition) is 1. The molecular formula is C10H10Cl2N2O. The van der Waals surface area contributed by atoms with Crippen LogP contribution in [0.1, 0.15) is 11.1 Å². The van der Waals surface area contributed by atoms with E-state index in [2.05, 4.69) is 0 Å². The molecule has 2 N–H and O–H groups in total. The Bertz CT molecular complexity index is 420. The van der Waals surface area contributed by atoms with E-state index >= 15 is 0 Å². The second-order valence-electron chi connectivity index (χ2n) is 3.51. The van der Waals surface area contributed by atoms with E-state index in [1.165, 1.54) is 0 Å². The minimum absolute atomic E-state index is 0.420. The van der Waals surface area contributed by atoms with Gasteiger partial charge < -0.3 is 10.6 Å². The highest BCUT2D eigenvalue weighted by Crippen LogP contribution is 2.32. The molecule has 0 radical (unpaired) electrons. The van der Waals surface area contributed by atoms with E-state index in [9.17, 15) is 4.79 Å². The largest absolute Gasteiger partial charge is 0.351 e. The Labute approximate surface area is 97.8 Å². The van der Waals surface area contributed by atoms with E-state index in [1.807, 2.05) is 6.07 Å². The van der Waals surface area contributed by atoms with Crippen LogP contribution in [0.15, 0.2) is 12.1 Å². The number of halogens is 2. The molecule has 0 aromatic heterocycles. The van der Waals surface area contributed by atoms with Gasteiger partial charge in [-0.25, -0.2) is 4.79 Å². The summed E-state index contributed by atoms with van der Waals surface area (Å²) >= 11 is 12.0. The summed E-state index contributed by atoms with van der Waals surface area (Å²) in [6, 6.07) is 3.31. The maximum Gasteiger partial charge on any atom is 0.315 e. The first-order chi connectivity index (χ1) is 7.09. The van der Waals surface area contributed by atoms with E-state index in [0.717, 1.165) is 17.5 Å². The van der Waals surface area contributed by atoms with Gasteiger partial charge in [-0.2, -0.15) is 0 Å². The number of fused-ring (bicyclic) bond motifs is 1. The molecule has 0 saturated carbocycles. The van der Waals surface area contributed by atoms with E-state index in [4.69, 9.17) is 28.9 Å². The molecule has 0 unspecified atom stereocenters. The third-order valence-corrected chi connectivity index (χ3v) is 3.45. The number of nitrogens with two attached hydrogens (primary N) is 1. The zero-order chi connectivity index (χ0) is 11.0. The molecule has 0 spiro atoms. The lowest BCUT2D eigenvalue weighted by atomic mass is 10.00. The number of carbonyl (C=O) groups is 1. The molecule has 3 nitrogen and oxygen atoms in total. The van der Waals surface area contributed by atoms with Gasteiger partial charge in [0.1, 0.15) is 0 Å². The third kappa shape index (κ3) is 1.90. The lowest BCUT2D eigenvalue weighted by molar-refractivity contribution is 0.202. The molecule has 0 fully saturated rings. The van der Waals surface area contributed by atoms with E-state index in [1.54, 1.807) is 11.0 Å². The molecule has 0 aliphatic carbocycles. The standard InChI is InChI=1S/C10H10Cl2N2O/c11-8-2-1-6-3-4-14(10(13)15)5-7(6)9(8)12/h1-2H,3-5H2,(H2,13,15). The van der Waals surface area contributed by atoms with Gasteiger partial charge in [0.2, 0.25) is 0 Å². The molecule has 0 bridgehead atoms. The van der Waals surface area contributed by atoms with Crippen molar-refractivity contribution in [3.63, 3.8) is 0 Å². The van der Waals surface area contributed by atoms with Gasteiger partial charge in [-0.15, -0.1) is 0 Å². The van der Waals surface area contributed by atoms with Crippen molar-refractivity contribution in [1.82, 2.24) is 4.90 Å². The van der Waals surface area contributed by atoms with E-state index in [-0.39, 0.29) is 0 Å². The van der Waals surface area contributed by atoms with Crippen LogP contribution in [0.2, 0.25) is 10.0 Å². The number of benzene rings is 1. The average molecular weight is 245 g/mol. The Balaban J connectivity index is 2.39. The maximum atomic E-state index is 11.0. The van der Waals surface area contributed by atoms with Crippen LogP contribution >= 0.6 is 23.2 Å². The first kappa shape index (κ1) is 10.6. The molecule has 2 amide bonds. The number of urea groups is 1. The predicted octanol–water partition coefficient (Wildman–Crippen LogP) is 2.43. The Morgan fingerprint density at radius 2 is 2.13 bits per heavy atom. The zero-order valence-electron chi connectivity index (χ0n) is 7.96. The fourth-order valence-corrected chi connectivity index (χ4v) is 2.17. The quantitative estimate of drug-likeness (QED) is 0.749. The van der Waals surface area contributed by atoms with E-state index < -0.39 is 6.03 Å². The molecular weight excluding hydrogens is 235 g/mol. The smallest absolute Gasteiger partial charge is 0.315 e. The van der Waals surface area contributed by atoms with Crippen LogP contribution in [-0.4, -0.2) is 17.5 Å². The molecule has 1 aliphatic rings. The van der Waals surface area contributed by atoms with Crippen molar-refractivity contribution in [2.75, 3.05) is 6.54 Å². The molecule has 80 valence electrons. The summed E-state index contributed by atoms with van der Waals surface area (Å²) in [5.41, 5.74) is 7.28. The van der Waals surface area contributed by atoms with Crippen LogP contribution in [0.25, 0.3) is 0 Å². The second-order valence-corrected chi connectivity index (χ2v) is 4.29. The summed E-state index contributed by atoms with van der Waals surface area (Å²) < 4.78 is 0. The van der Waals surface area contributed by atoms with Gasteiger partial charge in [0, 0.05) is 13.1 Å². The molecule has 1 aromatic rings. The van der Waals surface area contributed by atoms with Gasteiger partial charge in [0.25, 0.3) is 0 Å². The van der Waals surface area contributed by atoms with Gasteiger partial charge >= 0.3 is 6.03 Å². The van der Waals surface area contributed by atoms with Gasteiger partial charge in [0.15, 0.2) is 0 Å². The lowest BCUT2D eigenvalue weighted by Crippen LogP contribution is -2.39. The Morgan fingerprint density at radius 1 is 1.40 bits per heavy atom. The van der Waals surface area contributed by atoms with Gasteiger partial charge in [-0.05, 0) is 23.6 Å². The first-order valence-electron chi connectivity index (χ1n) is 4.59. The van der Waals surface area contributed by atoms with Crippen LogP contribution in [-0.2, 0) is 13.0 Å². The number of carbonyl (C=O) groups excluding carboxylic acids is 1. The first-order valence-corrected chi connectivity index (χ1v) is 5.35. The number of rotatable bonds is 0. The molecule has 1 aliphatic heterocycles. The minimum atomic E-state index is -0.420. The number of amides is 2. The van der Waals surface area contributed by atoms with Crippen LogP contribution in [0.5, 0.6) is 0 Å². The van der Waals surface area contributed by atoms with Gasteiger partial charge in [-0.1, -0.05) is 29.3 Å². The summed E-state index contributed by atoms with van der Waals surface area (Å²) in [6.07, 6.45) is 0.773. The molecule has 0 saturated heterocycles. The normalized spacial score (nSPS) is 14.9. The van der Waals surface area contributed by atoms with Crippen LogP contribution < -0.4 is 5.73 Å². The minimum Gasteiger partial charge on any atom is -0.351 e. The molecule has 1 aromatic carbocycles. The Kier molecular flexibility index (Phi) is 2.76. The van der Waals surface area contributed by atoms with Crippen LogP contribution in [0.3, 0.4) is 0 Å². The number of nitrogens with zero attached hydrogens (tertiary/aromatic N) is 1. The van der Waals surface area contributed by atoms with Crippen molar-refractivity contribution >= 4 is 29.2 Å². The van der Waals surface area contributed by atoms with Crippen molar-refractivity contribution in [3.8, 4) is 0 Å². The second kappa shape index (κ2) is 3.91. The van der Waals surface area contributed by atoms with E-state index in [0.29, 0.717) is 23.1 Å². The third-order valence-electron chi connectivity index (χ3n) is 2.60. The van der Waals surface area contributed by atoms with Crippen LogP contribution in [0, 0.1) is 0 Å². The Morgan fingerprint density at radius 3 is 2.80 bits per heavy atom. The predicted molar refractivity (Wildman–Crippen MR) is 60.2 cm³/mol. The highest BCUT2D eigenvalue weighted by Gasteiger charge is 2.21. The summed E-state index contributed by atoms with van der Waals surface area (Å²) in [6.45, 7) is 1.09. The number of primary amides is 1. The lowest BCUT2D eigenvalue weighted by Gasteiger charge is -2.28.